The lowest BCUT2D eigenvalue weighted by atomic mass is 9.90. The van der Waals surface area contributed by atoms with Crippen LogP contribution in [0.5, 0.6) is 0 Å². The van der Waals surface area contributed by atoms with E-state index in [0.29, 0.717) is 10.8 Å². The van der Waals surface area contributed by atoms with Crippen LogP contribution in [0.4, 0.5) is 0 Å². The molecular weight excluding hydrogens is 288 g/mol. The predicted molar refractivity (Wildman–Crippen MR) is 84.0 cm³/mol. The third kappa shape index (κ3) is 2.85. The molecule has 0 saturated heterocycles. The van der Waals surface area contributed by atoms with Crippen LogP contribution in [0.3, 0.4) is 0 Å². The maximum Gasteiger partial charge on any atom is 0.122 e. The molecule has 1 aromatic heterocycles. The molecule has 1 heterocycles. The van der Waals surface area contributed by atoms with Crippen LogP contribution in [0.25, 0.3) is 10.4 Å². The molecule has 0 amide bonds. The van der Waals surface area contributed by atoms with E-state index in [1.807, 2.05) is 30.5 Å². The van der Waals surface area contributed by atoms with Crippen LogP contribution in [0, 0.1) is 0 Å². The van der Waals surface area contributed by atoms with Crippen molar-refractivity contribution in [3.8, 4) is 10.4 Å². The molecule has 3 nitrogen and oxygen atoms in total. The topological polar surface area (TPSA) is 56.0 Å². The Balaban J connectivity index is 1.92. The molecule has 0 aliphatic heterocycles. The van der Waals surface area contributed by atoms with Gasteiger partial charge in [0.15, 0.2) is 0 Å². The van der Waals surface area contributed by atoms with Crippen molar-refractivity contribution in [3.63, 3.8) is 0 Å². The molecule has 1 aliphatic rings. The van der Waals surface area contributed by atoms with Crippen LogP contribution in [0.1, 0.15) is 43.0 Å². The first-order valence-electron chi connectivity index (χ1n) is 6.97. The highest BCUT2D eigenvalue weighted by atomic mass is 32.2. The predicted octanol–water partition coefficient (Wildman–Crippen LogP) is 3.84. The fourth-order valence-electron chi connectivity index (χ4n) is 2.80. The molecule has 106 valence electrons. The van der Waals surface area contributed by atoms with Crippen LogP contribution in [0.2, 0.25) is 0 Å². The van der Waals surface area contributed by atoms with Gasteiger partial charge in [-0.3, -0.25) is 0 Å². The maximum absolute atomic E-state index is 11.6. The lowest BCUT2D eigenvalue weighted by Crippen LogP contribution is -2.04. The fraction of sp³-hybridized carbons (Fsp3) is 0.400. The number of aromatic nitrogens is 1. The van der Waals surface area contributed by atoms with E-state index in [2.05, 4.69) is 4.98 Å². The molecule has 1 saturated carbocycles. The van der Waals surface area contributed by atoms with E-state index in [1.165, 1.54) is 37.1 Å². The van der Waals surface area contributed by atoms with Crippen LogP contribution < -0.4 is 5.14 Å². The SMILES string of the molecule is NS(=O)c1ccccc1-c1cnc(C2CCCCC2)s1. The summed E-state index contributed by atoms with van der Waals surface area (Å²) in [6.07, 6.45) is 8.37. The molecule has 1 aromatic carbocycles. The van der Waals surface area contributed by atoms with Gasteiger partial charge in [-0.2, -0.15) is 0 Å². The molecule has 1 aliphatic carbocycles. The summed E-state index contributed by atoms with van der Waals surface area (Å²) in [5, 5.41) is 6.78. The Labute approximate surface area is 125 Å². The minimum Gasteiger partial charge on any atom is -0.249 e. The van der Waals surface area contributed by atoms with Crippen LogP contribution in [0.15, 0.2) is 35.4 Å². The second kappa shape index (κ2) is 6.16. The molecule has 1 unspecified atom stereocenters. The van der Waals surface area contributed by atoms with Crippen LogP contribution >= 0.6 is 11.3 Å². The van der Waals surface area contributed by atoms with Gasteiger partial charge in [0.1, 0.15) is 11.0 Å². The molecule has 1 fully saturated rings. The first-order chi connectivity index (χ1) is 9.75. The van der Waals surface area contributed by atoms with Crippen molar-refractivity contribution >= 4 is 22.3 Å². The van der Waals surface area contributed by atoms with Crippen molar-refractivity contribution < 1.29 is 4.21 Å². The number of hydrogen-bond acceptors (Lipinski definition) is 3. The largest absolute Gasteiger partial charge is 0.249 e. The molecular formula is C15H18N2OS2. The minimum atomic E-state index is -1.46. The van der Waals surface area contributed by atoms with E-state index in [9.17, 15) is 4.21 Å². The smallest absolute Gasteiger partial charge is 0.122 e. The van der Waals surface area contributed by atoms with Gasteiger partial charge in [-0.15, -0.1) is 11.3 Å². The molecule has 3 rings (SSSR count). The average Bonchev–Trinajstić information content (AvgIpc) is 2.98. The quantitative estimate of drug-likeness (QED) is 0.936. The first-order valence-corrected chi connectivity index (χ1v) is 9.00. The van der Waals surface area contributed by atoms with Crippen molar-refractivity contribution in [2.24, 2.45) is 5.14 Å². The van der Waals surface area contributed by atoms with Gasteiger partial charge in [0.05, 0.1) is 14.8 Å². The maximum atomic E-state index is 11.6. The zero-order valence-corrected chi connectivity index (χ0v) is 12.9. The number of nitrogens with two attached hydrogens (primary N) is 1. The zero-order chi connectivity index (χ0) is 13.9. The Morgan fingerprint density at radius 1 is 1.20 bits per heavy atom. The Morgan fingerprint density at radius 3 is 2.70 bits per heavy atom. The van der Waals surface area contributed by atoms with Gasteiger partial charge in [0.2, 0.25) is 0 Å². The average molecular weight is 306 g/mol. The summed E-state index contributed by atoms with van der Waals surface area (Å²) in [6, 6.07) is 7.61. The molecule has 0 radical (unpaired) electrons. The molecule has 2 aromatic rings. The van der Waals surface area contributed by atoms with Gasteiger partial charge in [-0.05, 0) is 18.9 Å². The van der Waals surface area contributed by atoms with Gasteiger partial charge < -0.3 is 0 Å². The number of rotatable bonds is 3. The molecule has 1 atom stereocenters. The van der Waals surface area contributed by atoms with Gasteiger partial charge in [-0.25, -0.2) is 14.3 Å². The summed E-state index contributed by atoms with van der Waals surface area (Å²) in [5.41, 5.74) is 0.952. The highest BCUT2D eigenvalue weighted by Crippen LogP contribution is 2.38. The monoisotopic (exact) mass is 306 g/mol. The number of nitrogens with zero attached hydrogens (tertiary/aromatic N) is 1. The lowest BCUT2D eigenvalue weighted by molar-refractivity contribution is 0.442. The number of hydrogen-bond donors (Lipinski definition) is 1. The van der Waals surface area contributed by atoms with Gasteiger partial charge in [-0.1, -0.05) is 37.5 Å². The lowest BCUT2D eigenvalue weighted by Gasteiger charge is -2.18. The summed E-state index contributed by atoms with van der Waals surface area (Å²) in [6.45, 7) is 0. The highest BCUT2D eigenvalue weighted by molar-refractivity contribution is 7.82. The fourth-order valence-corrected chi connectivity index (χ4v) is 4.59. The van der Waals surface area contributed by atoms with Crippen molar-refractivity contribution in [3.05, 3.63) is 35.5 Å². The minimum absolute atomic E-state index is 0.609. The number of thiazole rings is 1. The molecule has 2 N–H and O–H groups in total. The third-order valence-electron chi connectivity index (χ3n) is 3.85. The summed E-state index contributed by atoms with van der Waals surface area (Å²) >= 11 is 1.72. The van der Waals surface area contributed by atoms with E-state index in [-0.39, 0.29) is 0 Å². The van der Waals surface area contributed by atoms with E-state index in [1.54, 1.807) is 11.3 Å². The van der Waals surface area contributed by atoms with E-state index < -0.39 is 11.0 Å². The molecule has 20 heavy (non-hydrogen) atoms. The number of benzene rings is 1. The zero-order valence-electron chi connectivity index (χ0n) is 11.2. The summed E-state index contributed by atoms with van der Waals surface area (Å²) in [4.78, 5) is 6.35. The summed E-state index contributed by atoms with van der Waals surface area (Å²) < 4.78 is 11.6. The normalized spacial score (nSPS) is 18.1. The second-order valence-electron chi connectivity index (χ2n) is 5.19. The Bertz CT molecular complexity index is 618. The van der Waals surface area contributed by atoms with Crippen molar-refractivity contribution in [2.75, 3.05) is 0 Å². The third-order valence-corrected chi connectivity index (χ3v) is 5.83. The van der Waals surface area contributed by atoms with E-state index >= 15 is 0 Å². The second-order valence-corrected chi connectivity index (χ2v) is 7.29. The van der Waals surface area contributed by atoms with Crippen molar-refractivity contribution in [1.29, 1.82) is 0 Å². The Hall–Kier alpha value is -1.04. The summed E-state index contributed by atoms with van der Waals surface area (Å²) in [5.74, 6) is 0.609. The van der Waals surface area contributed by atoms with Gasteiger partial charge >= 0.3 is 0 Å². The van der Waals surface area contributed by atoms with Crippen LogP contribution in [-0.2, 0) is 11.0 Å². The Morgan fingerprint density at radius 2 is 1.95 bits per heavy atom. The Kier molecular flexibility index (Phi) is 4.29. The molecule has 0 spiro atoms. The van der Waals surface area contributed by atoms with Crippen LogP contribution in [-0.4, -0.2) is 9.19 Å². The standard InChI is InChI=1S/C15H18N2OS2/c16-20(18)14-9-5-4-8-12(14)13-10-17-15(19-13)11-6-2-1-3-7-11/h4-5,8-11H,1-3,6-7,16H2. The molecule has 0 bridgehead atoms. The van der Waals surface area contributed by atoms with Crippen molar-refractivity contribution in [1.82, 2.24) is 4.98 Å². The molecule has 5 heteroatoms. The summed E-state index contributed by atoms with van der Waals surface area (Å²) in [7, 11) is -1.46. The van der Waals surface area contributed by atoms with Gasteiger partial charge in [0.25, 0.3) is 0 Å². The van der Waals surface area contributed by atoms with E-state index in [4.69, 9.17) is 5.14 Å². The van der Waals surface area contributed by atoms with Crippen molar-refractivity contribution in [2.45, 2.75) is 42.9 Å². The van der Waals surface area contributed by atoms with Gasteiger partial charge in [0, 0.05) is 17.7 Å². The highest BCUT2D eigenvalue weighted by Gasteiger charge is 2.20. The first kappa shape index (κ1) is 13.9. The van der Waals surface area contributed by atoms with E-state index in [0.717, 1.165) is 10.4 Å².